The highest BCUT2D eigenvalue weighted by atomic mass is 19.1. The summed E-state index contributed by atoms with van der Waals surface area (Å²) in [7, 11) is 1.89. The third kappa shape index (κ3) is 3.14. The zero-order valence-electron chi connectivity index (χ0n) is 15.2. The van der Waals surface area contributed by atoms with Crippen molar-refractivity contribution in [3.63, 3.8) is 0 Å². The molecule has 2 aliphatic rings. The first-order valence-electron chi connectivity index (χ1n) is 9.28. The first-order chi connectivity index (χ1) is 12.5. The Morgan fingerprint density at radius 2 is 2.15 bits per heavy atom. The van der Waals surface area contributed by atoms with Crippen LogP contribution in [0.25, 0.3) is 0 Å². The van der Waals surface area contributed by atoms with Crippen LogP contribution in [0, 0.1) is 17.7 Å². The van der Waals surface area contributed by atoms with Crippen LogP contribution in [0.15, 0.2) is 36.7 Å². The molecule has 2 aliphatic heterocycles. The van der Waals surface area contributed by atoms with Crippen molar-refractivity contribution in [1.82, 2.24) is 20.0 Å². The minimum atomic E-state index is -0.245. The van der Waals surface area contributed by atoms with E-state index >= 15 is 0 Å². The summed E-state index contributed by atoms with van der Waals surface area (Å²) in [5.74, 6) is 0.381. The second-order valence-electron chi connectivity index (χ2n) is 7.72. The zero-order chi connectivity index (χ0) is 18.3. The first-order valence-corrected chi connectivity index (χ1v) is 9.28. The van der Waals surface area contributed by atoms with E-state index in [4.69, 9.17) is 0 Å². The maximum atomic E-state index is 13.7. The number of carbonyl (C=O) groups excluding carboxylic acids is 1. The molecule has 26 heavy (non-hydrogen) atoms. The summed E-state index contributed by atoms with van der Waals surface area (Å²) < 4.78 is 15.5. The predicted molar refractivity (Wildman–Crippen MR) is 96.9 cm³/mol. The van der Waals surface area contributed by atoms with E-state index in [1.165, 1.54) is 6.07 Å². The molecule has 2 aromatic rings. The van der Waals surface area contributed by atoms with Gasteiger partial charge in [-0.2, -0.15) is 5.10 Å². The van der Waals surface area contributed by atoms with Gasteiger partial charge < -0.3 is 10.2 Å². The van der Waals surface area contributed by atoms with Crippen LogP contribution in [-0.2, 0) is 11.8 Å². The number of amides is 1. The molecule has 0 spiro atoms. The summed E-state index contributed by atoms with van der Waals surface area (Å²) in [4.78, 5) is 15.4. The third-order valence-corrected chi connectivity index (χ3v) is 5.71. The maximum Gasteiger partial charge on any atom is 0.228 e. The maximum absolute atomic E-state index is 13.7. The number of nitrogens with one attached hydrogen (secondary N) is 1. The summed E-state index contributed by atoms with van der Waals surface area (Å²) in [5, 5.41) is 7.62. The van der Waals surface area contributed by atoms with E-state index in [1.54, 1.807) is 16.8 Å². The van der Waals surface area contributed by atoms with Crippen molar-refractivity contribution in [2.24, 2.45) is 18.9 Å². The van der Waals surface area contributed by atoms with Gasteiger partial charge in [0.1, 0.15) is 5.82 Å². The van der Waals surface area contributed by atoms with E-state index in [9.17, 15) is 9.18 Å². The van der Waals surface area contributed by atoms with E-state index in [0.717, 1.165) is 30.6 Å². The molecule has 0 aliphatic carbocycles. The molecule has 4 atom stereocenters. The number of aromatic nitrogens is 2. The van der Waals surface area contributed by atoms with Gasteiger partial charge in [-0.05, 0) is 35.6 Å². The fourth-order valence-corrected chi connectivity index (χ4v) is 4.45. The molecule has 0 radical (unpaired) electrons. The summed E-state index contributed by atoms with van der Waals surface area (Å²) in [6, 6.07) is 6.63. The highest BCUT2D eigenvalue weighted by Crippen LogP contribution is 2.39. The smallest absolute Gasteiger partial charge is 0.228 e. The molecule has 5 nitrogen and oxygen atoms in total. The standard InChI is InChI=1S/C20H25FN4O/c1-13-6-19(14-4-3-5-16(21)7-14)25(11-13)20(26)18-10-22-9-17(18)15-8-23-24(2)12-15/h3-5,7-8,12-13,17-19,22H,6,9-11H2,1-2H3/t13?,17-,18+,19?/m1/s1. The van der Waals surface area contributed by atoms with Crippen molar-refractivity contribution in [3.8, 4) is 0 Å². The molecule has 4 rings (SSSR count). The van der Waals surface area contributed by atoms with Crippen molar-refractivity contribution in [3.05, 3.63) is 53.6 Å². The highest BCUT2D eigenvalue weighted by molar-refractivity contribution is 5.81. The lowest BCUT2D eigenvalue weighted by Crippen LogP contribution is -2.38. The van der Waals surface area contributed by atoms with Crippen LogP contribution in [0.1, 0.15) is 36.4 Å². The Labute approximate surface area is 153 Å². The molecule has 1 N–H and O–H groups in total. The predicted octanol–water partition coefficient (Wildman–Crippen LogP) is 2.47. The molecule has 0 saturated carbocycles. The number of aryl methyl sites for hydroxylation is 1. The number of hydrogen-bond acceptors (Lipinski definition) is 3. The number of hydrogen-bond donors (Lipinski definition) is 1. The highest BCUT2D eigenvalue weighted by Gasteiger charge is 2.42. The Hall–Kier alpha value is -2.21. The van der Waals surface area contributed by atoms with E-state index in [1.807, 2.05) is 30.4 Å². The van der Waals surface area contributed by atoms with Gasteiger partial charge in [0.15, 0.2) is 0 Å². The second-order valence-corrected chi connectivity index (χ2v) is 7.72. The lowest BCUT2D eigenvalue weighted by atomic mass is 9.89. The average Bonchev–Trinajstić information content (AvgIpc) is 3.33. The SMILES string of the molecule is CC1CC(c2cccc(F)c2)N(C(=O)[C@H]2CNC[C@@H]2c2cnn(C)c2)C1. The van der Waals surface area contributed by atoms with Crippen LogP contribution in [0.2, 0.25) is 0 Å². The van der Waals surface area contributed by atoms with Crippen LogP contribution >= 0.6 is 0 Å². The molecule has 2 saturated heterocycles. The average molecular weight is 356 g/mol. The van der Waals surface area contributed by atoms with Crippen LogP contribution < -0.4 is 5.32 Å². The lowest BCUT2D eigenvalue weighted by molar-refractivity contribution is -0.136. The van der Waals surface area contributed by atoms with Gasteiger partial charge in [-0.1, -0.05) is 19.1 Å². The van der Waals surface area contributed by atoms with E-state index < -0.39 is 0 Å². The quantitative estimate of drug-likeness (QED) is 0.919. The van der Waals surface area contributed by atoms with Crippen molar-refractivity contribution >= 4 is 5.91 Å². The minimum Gasteiger partial charge on any atom is -0.335 e. The summed E-state index contributed by atoms with van der Waals surface area (Å²) in [5.41, 5.74) is 2.00. The summed E-state index contributed by atoms with van der Waals surface area (Å²) >= 11 is 0. The van der Waals surface area contributed by atoms with Gasteiger partial charge in [0.2, 0.25) is 5.91 Å². The molecular weight excluding hydrogens is 331 g/mol. The van der Waals surface area contributed by atoms with Crippen molar-refractivity contribution in [2.45, 2.75) is 25.3 Å². The normalized spacial score (nSPS) is 28.7. The number of benzene rings is 1. The summed E-state index contributed by atoms with van der Waals surface area (Å²) in [6.07, 6.45) is 4.73. The molecule has 6 heteroatoms. The van der Waals surface area contributed by atoms with Crippen LogP contribution in [0.4, 0.5) is 4.39 Å². The fraction of sp³-hybridized carbons (Fsp3) is 0.500. The van der Waals surface area contributed by atoms with Gasteiger partial charge in [0.25, 0.3) is 0 Å². The Bertz CT molecular complexity index is 805. The minimum absolute atomic E-state index is 0.0386. The Kier molecular flexibility index (Phi) is 4.53. The number of halogens is 1. The summed E-state index contributed by atoms with van der Waals surface area (Å²) in [6.45, 7) is 4.36. The largest absolute Gasteiger partial charge is 0.335 e. The Balaban J connectivity index is 1.59. The molecule has 0 bridgehead atoms. The van der Waals surface area contributed by atoms with Crippen molar-refractivity contribution in [2.75, 3.05) is 19.6 Å². The van der Waals surface area contributed by atoms with E-state index in [0.29, 0.717) is 12.5 Å². The lowest BCUT2D eigenvalue weighted by Gasteiger charge is -2.29. The van der Waals surface area contributed by atoms with E-state index in [-0.39, 0.29) is 29.6 Å². The topological polar surface area (TPSA) is 50.2 Å². The van der Waals surface area contributed by atoms with Crippen molar-refractivity contribution < 1.29 is 9.18 Å². The zero-order valence-corrected chi connectivity index (χ0v) is 15.2. The number of nitrogens with zero attached hydrogens (tertiary/aromatic N) is 3. The molecule has 3 heterocycles. The van der Waals surface area contributed by atoms with Crippen LogP contribution in [0.5, 0.6) is 0 Å². The Morgan fingerprint density at radius 3 is 2.88 bits per heavy atom. The monoisotopic (exact) mass is 356 g/mol. The van der Waals surface area contributed by atoms with Gasteiger partial charge in [0.05, 0.1) is 18.2 Å². The molecule has 1 amide bonds. The molecule has 138 valence electrons. The fourth-order valence-electron chi connectivity index (χ4n) is 4.45. The molecular formula is C20H25FN4O. The van der Waals surface area contributed by atoms with Gasteiger partial charge in [-0.25, -0.2) is 4.39 Å². The number of likely N-dealkylation sites (tertiary alicyclic amines) is 1. The van der Waals surface area contributed by atoms with Crippen LogP contribution in [0.3, 0.4) is 0 Å². The van der Waals surface area contributed by atoms with Gasteiger partial charge in [-0.15, -0.1) is 0 Å². The van der Waals surface area contributed by atoms with Gasteiger partial charge >= 0.3 is 0 Å². The first kappa shape index (κ1) is 17.2. The molecule has 1 aromatic heterocycles. The third-order valence-electron chi connectivity index (χ3n) is 5.71. The van der Waals surface area contributed by atoms with Crippen molar-refractivity contribution in [1.29, 1.82) is 0 Å². The molecule has 1 aromatic carbocycles. The number of carbonyl (C=O) groups is 1. The van der Waals surface area contributed by atoms with Crippen LogP contribution in [-0.4, -0.2) is 40.2 Å². The molecule has 2 fully saturated rings. The Morgan fingerprint density at radius 1 is 1.31 bits per heavy atom. The van der Waals surface area contributed by atoms with Gasteiger partial charge in [0, 0.05) is 38.8 Å². The van der Waals surface area contributed by atoms with E-state index in [2.05, 4.69) is 17.3 Å². The molecule has 2 unspecified atom stereocenters. The number of rotatable bonds is 3. The second kappa shape index (κ2) is 6.83. The van der Waals surface area contributed by atoms with Gasteiger partial charge in [-0.3, -0.25) is 9.48 Å².